The average Bonchev–Trinajstić information content (AvgIpc) is 2.39. The second kappa shape index (κ2) is 4.52. The third kappa shape index (κ3) is 2.13. The van der Waals surface area contributed by atoms with Gasteiger partial charge in [0.1, 0.15) is 6.07 Å². The van der Waals surface area contributed by atoms with E-state index >= 15 is 0 Å². The van der Waals surface area contributed by atoms with E-state index in [2.05, 4.69) is 0 Å². The molecule has 1 atom stereocenters. The second-order valence-corrected chi connectivity index (χ2v) is 4.02. The molecule has 0 spiro atoms. The van der Waals surface area contributed by atoms with E-state index in [-0.39, 0.29) is 13.0 Å². The molecule has 0 heterocycles. The van der Waals surface area contributed by atoms with Crippen LogP contribution in [0.3, 0.4) is 0 Å². The van der Waals surface area contributed by atoms with E-state index in [1.165, 1.54) is 0 Å². The third-order valence-electron chi connectivity index (χ3n) is 2.85. The van der Waals surface area contributed by atoms with Crippen molar-refractivity contribution in [2.24, 2.45) is 0 Å². The number of benzene rings is 1. The van der Waals surface area contributed by atoms with Gasteiger partial charge in [0.25, 0.3) is 0 Å². The van der Waals surface area contributed by atoms with Crippen molar-refractivity contribution in [3.63, 3.8) is 0 Å². The molecule has 17 heavy (non-hydrogen) atoms. The number of nitriles is 1. The van der Waals surface area contributed by atoms with E-state index in [1.807, 2.05) is 6.07 Å². The Morgan fingerprint density at radius 3 is 2.59 bits per heavy atom. The Kier molecular flexibility index (Phi) is 3.08. The molecule has 0 saturated heterocycles. The molecule has 2 nitrogen and oxygen atoms in total. The van der Waals surface area contributed by atoms with Crippen molar-refractivity contribution in [1.29, 1.82) is 5.26 Å². The minimum atomic E-state index is -2.05. The number of nitrogens with zero attached hydrogens (tertiary/aromatic N) is 1. The molecular formula is C14H12FNO. The maximum Gasteiger partial charge on any atom is 0.225 e. The van der Waals surface area contributed by atoms with Crippen molar-refractivity contribution in [2.45, 2.75) is 12.1 Å². The number of hydrogen-bond acceptors (Lipinski definition) is 2. The monoisotopic (exact) mass is 229 g/mol. The highest BCUT2D eigenvalue weighted by molar-refractivity contribution is 5.78. The quantitative estimate of drug-likeness (QED) is 0.847. The topological polar surface area (TPSA) is 44.0 Å². The maximum atomic E-state index is 14.5. The first-order valence-corrected chi connectivity index (χ1v) is 5.36. The minimum absolute atomic E-state index is 0.0687. The number of alkyl halides is 1. The molecule has 1 unspecified atom stereocenters. The number of halogens is 1. The zero-order valence-corrected chi connectivity index (χ0v) is 9.23. The molecule has 1 aromatic carbocycles. The summed E-state index contributed by atoms with van der Waals surface area (Å²) in [5.41, 5.74) is -0.454. The summed E-state index contributed by atoms with van der Waals surface area (Å²) >= 11 is 0. The summed E-state index contributed by atoms with van der Waals surface area (Å²) in [6, 6.07) is 10.7. The summed E-state index contributed by atoms with van der Waals surface area (Å²) in [6.07, 6.45) is 3.19. The van der Waals surface area contributed by atoms with Crippen molar-refractivity contribution in [3.05, 3.63) is 53.6 Å². The van der Waals surface area contributed by atoms with Gasteiger partial charge in [-0.1, -0.05) is 42.5 Å². The van der Waals surface area contributed by atoms with Gasteiger partial charge in [0, 0.05) is 12.0 Å². The van der Waals surface area contributed by atoms with Crippen LogP contribution in [0.2, 0.25) is 0 Å². The predicted molar refractivity (Wildman–Crippen MR) is 63.7 cm³/mol. The van der Waals surface area contributed by atoms with Gasteiger partial charge in [0.05, 0.1) is 6.61 Å². The zero-order valence-electron chi connectivity index (χ0n) is 9.23. The summed E-state index contributed by atoms with van der Waals surface area (Å²) < 4.78 is 14.5. The van der Waals surface area contributed by atoms with E-state index in [0.717, 1.165) is 0 Å². The highest BCUT2D eigenvalue weighted by atomic mass is 19.1. The van der Waals surface area contributed by atoms with Gasteiger partial charge < -0.3 is 5.11 Å². The van der Waals surface area contributed by atoms with Gasteiger partial charge in [-0.15, -0.1) is 0 Å². The first-order chi connectivity index (χ1) is 8.19. The van der Waals surface area contributed by atoms with Crippen LogP contribution in [0.1, 0.15) is 12.0 Å². The van der Waals surface area contributed by atoms with Crippen LogP contribution in [0, 0.1) is 11.3 Å². The van der Waals surface area contributed by atoms with E-state index in [1.54, 1.807) is 42.5 Å². The lowest BCUT2D eigenvalue weighted by Gasteiger charge is -2.25. The Balaban J connectivity index is 2.48. The molecule has 0 amide bonds. The van der Waals surface area contributed by atoms with Crippen molar-refractivity contribution in [3.8, 4) is 6.07 Å². The largest absolute Gasteiger partial charge is 0.392 e. The highest BCUT2D eigenvalue weighted by Crippen LogP contribution is 2.38. The Hall–Kier alpha value is -1.92. The van der Waals surface area contributed by atoms with Gasteiger partial charge in [-0.2, -0.15) is 5.26 Å². The lowest BCUT2D eigenvalue weighted by Crippen LogP contribution is -2.26. The van der Waals surface area contributed by atoms with Gasteiger partial charge in [-0.25, -0.2) is 4.39 Å². The molecule has 0 bridgehead atoms. The number of hydrogen-bond donors (Lipinski definition) is 1. The molecule has 2 rings (SSSR count). The van der Waals surface area contributed by atoms with Crippen LogP contribution in [-0.4, -0.2) is 17.4 Å². The first kappa shape index (κ1) is 11.6. The second-order valence-electron chi connectivity index (χ2n) is 4.02. The molecule has 0 fully saturated rings. The fourth-order valence-corrected chi connectivity index (χ4v) is 1.95. The van der Waals surface area contributed by atoms with Crippen LogP contribution in [0.4, 0.5) is 4.39 Å². The predicted octanol–water partition coefficient (Wildman–Crippen LogP) is 2.62. The molecule has 86 valence electrons. The smallest absolute Gasteiger partial charge is 0.225 e. The SMILES string of the molecule is N#CC1(F)CC(CO)=CC=C1c1ccccc1. The number of aliphatic hydroxyl groups excluding tert-OH is 1. The third-order valence-corrected chi connectivity index (χ3v) is 2.85. The molecule has 1 aromatic rings. The lowest BCUT2D eigenvalue weighted by atomic mass is 9.82. The van der Waals surface area contributed by atoms with E-state index in [0.29, 0.717) is 16.7 Å². The number of rotatable bonds is 2. The number of allylic oxidation sites excluding steroid dienone is 3. The molecule has 0 saturated carbocycles. The van der Waals surface area contributed by atoms with Crippen molar-refractivity contribution < 1.29 is 9.50 Å². The van der Waals surface area contributed by atoms with Gasteiger partial charge in [0.15, 0.2) is 0 Å². The highest BCUT2D eigenvalue weighted by Gasteiger charge is 2.37. The fraction of sp³-hybridized carbons (Fsp3) is 0.214. The summed E-state index contributed by atoms with van der Waals surface area (Å²) in [6.45, 7) is -0.216. The standard InChI is InChI=1S/C14H12FNO/c15-14(10-16)8-11(9-17)6-7-13(14)12-4-2-1-3-5-12/h1-7,17H,8-9H2. The van der Waals surface area contributed by atoms with Gasteiger partial charge in [-0.3, -0.25) is 0 Å². The normalized spacial score (nSPS) is 23.6. The average molecular weight is 229 g/mol. The Morgan fingerprint density at radius 2 is 2.00 bits per heavy atom. The summed E-state index contributed by atoms with van der Waals surface area (Å²) in [7, 11) is 0. The van der Waals surface area contributed by atoms with Crippen molar-refractivity contribution >= 4 is 5.57 Å². The molecular weight excluding hydrogens is 217 g/mol. The van der Waals surface area contributed by atoms with Gasteiger partial charge >= 0.3 is 0 Å². The van der Waals surface area contributed by atoms with Gasteiger partial charge in [0.2, 0.25) is 5.67 Å². The van der Waals surface area contributed by atoms with Crippen LogP contribution in [0.5, 0.6) is 0 Å². The van der Waals surface area contributed by atoms with E-state index in [4.69, 9.17) is 10.4 Å². The van der Waals surface area contributed by atoms with Crippen molar-refractivity contribution in [2.75, 3.05) is 6.61 Å². The lowest BCUT2D eigenvalue weighted by molar-refractivity contribution is 0.281. The fourth-order valence-electron chi connectivity index (χ4n) is 1.95. The van der Waals surface area contributed by atoms with Crippen LogP contribution < -0.4 is 0 Å². The maximum absolute atomic E-state index is 14.5. The van der Waals surface area contributed by atoms with E-state index in [9.17, 15) is 4.39 Å². The van der Waals surface area contributed by atoms with Crippen molar-refractivity contribution in [1.82, 2.24) is 0 Å². The summed E-state index contributed by atoms with van der Waals surface area (Å²) in [5.74, 6) is 0. The minimum Gasteiger partial charge on any atom is -0.392 e. The van der Waals surface area contributed by atoms with Crippen LogP contribution >= 0.6 is 0 Å². The summed E-state index contributed by atoms with van der Waals surface area (Å²) in [4.78, 5) is 0. The molecule has 3 heteroatoms. The van der Waals surface area contributed by atoms with Crippen LogP contribution in [-0.2, 0) is 0 Å². The first-order valence-electron chi connectivity index (χ1n) is 5.36. The summed E-state index contributed by atoms with van der Waals surface area (Å²) in [5, 5.41) is 18.0. The van der Waals surface area contributed by atoms with Gasteiger partial charge in [-0.05, 0) is 11.1 Å². The molecule has 0 aromatic heterocycles. The Morgan fingerprint density at radius 1 is 1.29 bits per heavy atom. The molecule has 1 N–H and O–H groups in total. The Labute approximate surface area is 99.3 Å². The van der Waals surface area contributed by atoms with E-state index < -0.39 is 5.67 Å². The van der Waals surface area contributed by atoms with Crippen LogP contribution in [0.15, 0.2) is 48.1 Å². The molecule has 0 aliphatic heterocycles. The molecule has 1 aliphatic carbocycles. The molecule has 0 radical (unpaired) electrons. The zero-order chi connectivity index (χ0) is 12.3. The Bertz CT molecular complexity index is 513. The van der Waals surface area contributed by atoms with Crippen LogP contribution in [0.25, 0.3) is 5.57 Å². The number of aliphatic hydroxyl groups is 1. The molecule has 1 aliphatic rings.